The van der Waals surface area contributed by atoms with Crippen molar-refractivity contribution in [1.82, 2.24) is 0 Å². The molecule has 13 heavy (non-hydrogen) atoms. The van der Waals surface area contributed by atoms with Gasteiger partial charge in [-0.2, -0.15) is 0 Å². The summed E-state index contributed by atoms with van der Waals surface area (Å²) in [6, 6.07) is 0. The van der Waals surface area contributed by atoms with Crippen LogP contribution in [-0.4, -0.2) is 5.66 Å². The van der Waals surface area contributed by atoms with Gasteiger partial charge in [0.05, 0.1) is 0 Å². The second-order valence-corrected chi connectivity index (χ2v) is 4.95. The van der Waals surface area contributed by atoms with Crippen molar-refractivity contribution in [3.63, 3.8) is 0 Å². The van der Waals surface area contributed by atoms with Gasteiger partial charge < -0.3 is 0 Å². The molecule has 0 spiro atoms. The number of hydrogen-bond acceptors (Lipinski definition) is 0. The van der Waals surface area contributed by atoms with Crippen molar-refractivity contribution in [3.05, 3.63) is 11.6 Å². The Hall–Kier alpha value is 0.170. The van der Waals surface area contributed by atoms with E-state index < -0.39 is 0 Å². The van der Waals surface area contributed by atoms with E-state index in [1.165, 1.54) is 25.7 Å². The monoisotopic (exact) mass is 200 g/mol. The lowest BCUT2D eigenvalue weighted by Crippen LogP contribution is -2.02. The first kappa shape index (κ1) is 13.2. The topological polar surface area (TPSA) is 0 Å². The Kier molecular flexibility index (Phi) is 7.66. The SMILES string of the molecule is CC/C=C(/C)[C@H](C)CCC(P)CC. The standard InChI is InChI=1S/C12H25P/c1-5-7-10(3)11(4)8-9-12(13)6-2/h7,11-12H,5-6,8-9,13H2,1-4H3/b10-7-/t11-,12?/m1/s1. The van der Waals surface area contributed by atoms with Crippen LogP contribution in [0.1, 0.15) is 53.4 Å². The van der Waals surface area contributed by atoms with Crippen molar-refractivity contribution in [1.29, 1.82) is 0 Å². The molecule has 0 aromatic carbocycles. The van der Waals surface area contributed by atoms with Crippen LogP contribution in [0.2, 0.25) is 0 Å². The molecular formula is C12H25P. The Bertz CT molecular complexity index is 149. The highest BCUT2D eigenvalue weighted by Gasteiger charge is 2.06. The van der Waals surface area contributed by atoms with E-state index >= 15 is 0 Å². The summed E-state index contributed by atoms with van der Waals surface area (Å²) in [6.07, 6.45) is 7.50. The summed E-state index contributed by atoms with van der Waals surface area (Å²) in [5, 5.41) is 0. The molecule has 0 radical (unpaired) electrons. The molecular weight excluding hydrogens is 175 g/mol. The predicted octanol–water partition coefficient (Wildman–Crippen LogP) is 4.41. The maximum Gasteiger partial charge on any atom is -0.0234 e. The van der Waals surface area contributed by atoms with Crippen molar-refractivity contribution >= 4 is 9.24 Å². The summed E-state index contributed by atoms with van der Waals surface area (Å²) in [5.74, 6) is 0.773. The first-order valence-corrected chi connectivity index (χ1v) is 6.20. The Morgan fingerprint density at radius 2 is 1.92 bits per heavy atom. The summed E-state index contributed by atoms with van der Waals surface area (Å²) >= 11 is 0. The van der Waals surface area contributed by atoms with Gasteiger partial charge >= 0.3 is 0 Å². The van der Waals surface area contributed by atoms with E-state index in [-0.39, 0.29) is 0 Å². The lowest BCUT2D eigenvalue weighted by atomic mass is 9.95. The minimum Gasteiger partial charge on any atom is -0.134 e. The van der Waals surface area contributed by atoms with Crippen LogP contribution in [0.4, 0.5) is 0 Å². The third kappa shape index (κ3) is 6.27. The zero-order valence-corrected chi connectivity index (χ0v) is 10.8. The highest BCUT2D eigenvalue weighted by Crippen LogP contribution is 2.21. The highest BCUT2D eigenvalue weighted by atomic mass is 31.0. The van der Waals surface area contributed by atoms with Crippen molar-refractivity contribution in [3.8, 4) is 0 Å². The fraction of sp³-hybridized carbons (Fsp3) is 0.833. The zero-order valence-electron chi connectivity index (χ0n) is 9.64. The van der Waals surface area contributed by atoms with Gasteiger partial charge in [-0.3, -0.25) is 0 Å². The predicted molar refractivity (Wildman–Crippen MR) is 66.2 cm³/mol. The van der Waals surface area contributed by atoms with Gasteiger partial charge in [0.2, 0.25) is 0 Å². The minimum atomic E-state index is 0.773. The van der Waals surface area contributed by atoms with Gasteiger partial charge in [-0.25, -0.2) is 0 Å². The normalized spacial score (nSPS) is 17.2. The van der Waals surface area contributed by atoms with Crippen LogP contribution in [-0.2, 0) is 0 Å². The summed E-state index contributed by atoms with van der Waals surface area (Å²) in [6.45, 7) is 9.07. The first-order valence-electron chi connectivity index (χ1n) is 5.54. The van der Waals surface area contributed by atoms with Crippen LogP contribution in [0, 0.1) is 5.92 Å². The molecule has 3 atom stereocenters. The van der Waals surface area contributed by atoms with Gasteiger partial charge in [0.15, 0.2) is 0 Å². The van der Waals surface area contributed by atoms with Gasteiger partial charge in [0.1, 0.15) is 0 Å². The van der Waals surface area contributed by atoms with Crippen LogP contribution < -0.4 is 0 Å². The van der Waals surface area contributed by atoms with Crippen LogP contribution in [0.25, 0.3) is 0 Å². The minimum absolute atomic E-state index is 0.773. The molecule has 0 rings (SSSR count). The summed E-state index contributed by atoms with van der Waals surface area (Å²) in [4.78, 5) is 0. The molecule has 0 aliphatic heterocycles. The number of rotatable bonds is 6. The van der Waals surface area contributed by atoms with E-state index in [0.717, 1.165) is 11.6 Å². The van der Waals surface area contributed by atoms with Gasteiger partial charge in [-0.05, 0) is 44.2 Å². The van der Waals surface area contributed by atoms with Crippen molar-refractivity contribution in [2.75, 3.05) is 0 Å². The van der Waals surface area contributed by atoms with Crippen LogP contribution in [0.5, 0.6) is 0 Å². The average Bonchev–Trinajstić information content (AvgIpc) is 2.13. The molecule has 0 aliphatic carbocycles. The summed E-state index contributed by atoms with van der Waals surface area (Å²) in [5.41, 5.74) is 2.38. The fourth-order valence-electron chi connectivity index (χ4n) is 1.42. The van der Waals surface area contributed by atoms with Crippen molar-refractivity contribution < 1.29 is 0 Å². The molecule has 0 saturated carbocycles. The largest absolute Gasteiger partial charge is 0.134 e. The number of hydrogen-bond donors (Lipinski definition) is 0. The van der Waals surface area contributed by atoms with Crippen LogP contribution in [0.3, 0.4) is 0 Å². The van der Waals surface area contributed by atoms with Crippen LogP contribution >= 0.6 is 9.24 Å². The second kappa shape index (κ2) is 7.56. The average molecular weight is 200 g/mol. The van der Waals surface area contributed by atoms with E-state index in [2.05, 4.69) is 43.0 Å². The quantitative estimate of drug-likeness (QED) is 0.440. The molecule has 0 aliphatic rings. The second-order valence-electron chi connectivity index (χ2n) is 4.00. The maximum absolute atomic E-state index is 2.94. The Morgan fingerprint density at radius 1 is 1.31 bits per heavy atom. The Balaban J connectivity index is 3.73. The van der Waals surface area contributed by atoms with Crippen molar-refractivity contribution in [2.45, 2.75) is 59.0 Å². The van der Waals surface area contributed by atoms with E-state index in [9.17, 15) is 0 Å². The molecule has 2 unspecified atom stereocenters. The van der Waals surface area contributed by atoms with E-state index in [0.29, 0.717) is 0 Å². The smallest absolute Gasteiger partial charge is 0.0234 e. The molecule has 0 heterocycles. The van der Waals surface area contributed by atoms with E-state index in [4.69, 9.17) is 0 Å². The molecule has 0 fully saturated rings. The number of allylic oxidation sites excluding steroid dienone is 2. The molecule has 0 aromatic heterocycles. The Morgan fingerprint density at radius 3 is 2.38 bits per heavy atom. The van der Waals surface area contributed by atoms with Gasteiger partial charge in [0, 0.05) is 0 Å². The van der Waals surface area contributed by atoms with Crippen molar-refractivity contribution in [2.24, 2.45) is 5.92 Å². The molecule has 0 saturated heterocycles. The molecule has 78 valence electrons. The van der Waals surface area contributed by atoms with Gasteiger partial charge in [-0.15, -0.1) is 9.24 Å². The summed E-state index contributed by atoms with van der Waals surface area (Å²) < 4.78 is 0. The molecule has 0 amide bonds. The van der Waals surface area contributed by atoms with Gasteiger partial charge in [0.25, 0.3) is 0 Å². The van der Waals surface area contributed by atoms with E-state index in [1.807, 2.05) is 0 Å². The lowest BCUT2D eigenvalue weighted by Gasteiger charge is -2.14. The zero-order chi connectivity index (χ0) is 10.3. The first-order chi connectivity index (χ1) is 6.11. The summed E-state index contributed by atoms with van der Waals surface area (Å²) in [7, 11) is 2.94. The van der Waals surface area contributed by atoms with E-state index in [1.54, 1.807) is 5.57 Å². The third-order valence-corrected chi connectivity index (χ3v) is 3.60. The Labute approximate surface area is 86.4 Å². The molecule has 0 N–H and O–H groups in total. The van der Waals surface area contributed by atoms with Gasteiger partial charge in [-0.1, -0.05) is 32.4 Å². The fourth-order valence-corrected chi connectivity index (χ4v) is 1.61. The molecule has 1 heteroatoms. The molecule has 0 nitrogen and oxygen atoms in total. The highest BCUT2D eigenvalue weighted by molar-refractivity contribution is 7.17. The maximum atomic E-state index is 2.94. The third-order valence-electron chi connectivity index (χ3n) is 2.80. The molecule has 0 aromatic rings. The van der Waals surface area contributed by atoms with Crippen LogP contribution in [0.15, 0.2) is 11.6 Å². The molecule has 0 bridgehead atoms. The lowest BCUT2D eigenvalue weighted by molar-refractivity contribution is 0.560.